The van der Waals surface area contributed by atoms with Gasteiger partial charge in [-0.05, 0) is 18.6 Å². The average Bonchev–Trinajstić information content (AvgIpc) is 2.03. The largest absolute Gasteiger partial charge is 0.375 e. The Kier molecular flexibility index (Phi) is 2.91. The van der Waals surface area contributed by atoms with E-state index in [0.29, 0.717) is 5.96 Å². The SMILES string of the molecule is NC(=S)NNC1=NCCCN1. The fraction of sp³-hybridized carbons (Fsp3) is 0.600. The van der Waals surface area contributed by atoms with Crippen molar-refractivity contribution in [1.82, 2.24) is 16.2 Å². The van der Waals surface area contributed by atoms with Crippen LogP contribution in [0.2, 0.25) is 0 Å². The Morgan fingerprint density at radius 1 is 1.73 bits per heavy atom. The third-order valence-electron chi connectivity index (χ3n) is 1.20. The van der Waals surface area contributed by atoms with Crippen LogP contribution in [0.1, 0.15) is 6.42 Å². The van der Waals surface area contributed by atoms with E-state index in [0.717, 1.165) is 19.5 Å². The molecule has 5 nitrogen and oxygen atoms in total. The molecule has 0 radical (unpaired) electrons. The van der Waals surface area contributed by atoms with Gasteiger partial charge in [0.25, 0.3) is 0 Å². The molecule has 0 aliphatic carbocycles. The highest BCUT2D eigenvalue weighted by atomic mass is 32.1. The molecule has 0 bridgehead atoms. The van der Waals surface area contributed by atoms with E-state index in [-0.39, 0.29) is 5.11 Å². The summed E-state index contributed by atoms with van der Waals surface area (Å²) in [5.41, 5.74) is 10.5. The molecular weight excluding hydrogens is 162 g/mol. The van der Waals surface area contributed by atoms with Gasteiger partial charge in [-0.2, -0.15) is 0 Å². The van der Waals surface area contributed by atoms with Crippen LogP contribution in [-0.2, 0) is 0 Å². The predicted molar refractivity (Wildman–Crippen MR) is 48.0 cm³/mol. The molecule has 0 saturated carbocycles. The number of thiocarbonyl (C=S) groups is 1. The quantitative estimate of drug-likeness (QED) is 0.270. The first-order chi connectivity index (χ1) is 5.29. The van der Waals surface area contributed by atoms with Crippen LogP contribution in [0.5, 0.6) is 0 Å². The Morgan fingerprint density at radius 2 is 2.55 bits per heavy atom. The summed E-state index contributed by atoms with van der Waals surface area (Å²) >= 11 is 4.59. The highest BCUT2D eigenvalue weighted by Gasteiger charge is 2.01. The van der Waals surface area contributed by atoms with Crippen LogP contribution in [0.25, 0.3) is 0 Å². The lowest BCUT2D eigenvalue weighted by molar-refractivity contribution is 0.692. The van der Waals surface area contributed by atoms with Gasteiger partial charge >= 0.3 is 0 Å². The summed E-state index contributed by atoms with van der Waals surface area (Å²) in [5, 5.41) is 3.24. The molecule has 0 saturated heterocycles. The summed E-state index contributed by atoms with van der Waals surface area (Å²) in [6.45, 7) is 1.78. The lowest BCUT2D eigenvalue weighted by atomic mass is 10.4. The van der Waals surface area contributed by atoms with Crippen LogP contribution in [0.3, 0.4) is 0 Å². The molecule has 0 spiro atoms. The van der Waals surface area contributed by atoms with Gasteiger partial charge in [-0.3, -0.25) is 15.8 Å². The Bertz CT molecular complexity index is 178. The normalized spacial score (nSPS) is 16.2. The summed E-state index contributed by atoms with van der Waals surface area (Å²) in [7, 11) is 0. The third kappa shape index (κ3) is 3.03. The molecule has 11 heavy (non-hydrogen) atoms. The van der Waals surface area contributed by atoms with E-state index in [2.05, 4.69) is 33.4 Å². The topological polar surface area (TPSA) is 74.5 Å². The van der Waals surface area contributed by atoms with E-state index in [4.69, 9.17) is 5.73 Å². The summed E-state index contributed by atoms with van der Waals surface area (Å²) in [4.78, 5) is 4.12. The number of nitrogens with one attached hydrogen (secondary N) is 3. The highest BCUT2D eigenvalue weighted by molar-refractivity contribution is 7.80. The van der Waals surface area contributed by atoms with Gasteiger partial charge in [0.1, 0.15) is 0 Å². The molecule has 0 aromatic rings. The Labute approximate surface area is 70.4 Å². The van der Waals surface area contributed by atoms with Crippen molar-refractivity contribution in [3.05, 3.63) is 0 Å². The van der Waals surface area contributed by atoms with Gasteiger partial charge in [0, 0.05) is 13.1 Å². The monoisotopic (exact) mass is 173 g/mol. The molecule has 5 N–H and O–H groups in total. The molecule has 0 unspecified atom stereocenters. The number of nitrogens with two attached hydrogens (primary N) is 1. The van der Waals surface area contributed by atoms with E-state index >= 15 is 0 Å². The minimum Gasteiger partial charge on any atom is -0.375 e. The molecule has 1 heterocycles. The zero-order valence-electron chi connectivity index (χ0n) is 6.05. The molecule has 6 heteroatoms. The first-order valence-electron chi connectivity index (χ1n) is 3.39. The van der Waals surface area contributed by atoms with E-state index in [9.17, 15) is 0 Å². The van der Waals surface area contributed by atoms with Crippen molar-refractivity contribution in [3.8, 4) is 0 Å². The summed E-state index contributed by atoms with van der Waals surface area (Å²) in [6, 6.07) is 0. The van der Waals surface area contributed by atoms with Crippen LogP contribution < -0.4 is 21.9 Å². The zero-order valence-corrected chi connectivity index (χ0v) is 6.87. The number of guanidine groups is 1. The predicted octanol–water partition coefficient (Wildman–Crippen LogP) is -1.33. The lowest BCUT2D eigenvalue weighted by Crippen LogP contribution is -2.51. The van der Waals surface area contributed by atoms with E-state index in [1.165, 1.54) is 0 Å². The van der Waals surface area contributed by atoms with Crippen LogP contribution in [-0.4, -0.2) is 24.2 Å². The van der Waals surface area contributed by atoms with Gasteiger partial charge in [0.05, 0.1) is 0 Å². The van der Waals surface area contributed by atoms with Gasteiger partial charge in [0.2, 0.25) is 5.96 Å². The van der Waals surface area contributed by atoms with E-state index in [1.54, 1.807) is 0 Å². The maximum Gasteiger partial charge on any atom is 0.210 e. The van der Waals surface area contributed by atoms with E-state index in [1.807, 2.05) is 0 Å². The third-order valence-corrected chi connectivity index (χ3v) is 1.30. The molecule has 1 rings (SSSR count). The molecule has 0 aromatic carbocycles. The van der Waals surface area contributed by atoms with E-state index < -0.39 is 0 Å². The van der Waals surface area contributed by atoms with Crippen molar-refractivity contribution in [3.63, 3.8) is 0 Å². The summed E-state index contributed by atoms with van der Waals surface area (Å²) in [6.07, 6.45) is 1.07. The maximum absolute atomic E-state index is 5.18. The zero-order chi connectivity index (χ0) is 8.10. The second-order valence-electron chi connectivity index (χ2n) is 2.12. The van der Waals surface area contributed by atoms with Crippen molar-refractivity contribution in [2.24, 2.45) is 10.7 Å². The van der Waals surface area contributed by atoms with Crippen molar-refractivity contribution in [2.75, 3.05) is 13.1 Å². The van der Waals surface area contributed by atoms with Gasteiger partial charge in [-0.15, -0.1) is 0 Å². The van der Waals surface area contributed by atoms with Crippen LogP contribution in [0.15, 0.2) is 4.99 Å². The first kappa shape index (κ1) is 8.06. The molecule has 62 valence electrons. The number of hydrogen-bond acceptors (Lipinski definition) is 4. The molecule has 0 fully saturated rings. The fourth-order valence-corrected chi connectivity index (χ4v) is 0.788. The molecule has 0 atom stereocenters. The minimum absolute atomic E-state index is 0.208. The van der Waals surface area contributed by atoms with Gasteiger partial charge in [-0.1, -0.05) is 0 Å². The molecule has 0 aromatic heterocycles. The average molecular weight is 173 g/mol. The van der Waals surface area contributed by atoms with Crippen molar-refractivity contribution in [1.29, 1.82) is 0 Å². The first-order valence-corrected chi connectivity index (χ1v) is 3.79. The highest BCUT2D eigenvalue weighted by Crippen LogP contribution is 1.85. The van der Waals surface area contributed by atoms with Gasteiger partial charge in [-0.25, -0.2) is 0 Å². The number of hydrazine groups is 1. The Morgan fingerprint density at radius 3 is 3.09 bits per heavy atom. The van der Waals surface area contributed by atoms with Gasteiger partial charge in [0.15, 0.2) is 5.11 Å². The summed E-state index contributed by atoms with van der Waals surface area (Å²) in [5.74, 6) is 0.698. The van der Waals surface area contributed by atoms with Crippen LogP contribution >= 0.6 is 12.2 Å². The standard InChI is InChI=1S/C5H11N5S/c6-4(11)9-10-5-7-2-1-3-8-5/h1-3H2,(H3,6,9,11)(H2,7,8,10). The Balaban J connectivity index is 2.24. The maximum atomic E-state index is 5.18. The smallest absolute Gasteiger partial charge is 0.210 e. The second kappa shape index (κ2) is 3.97. The molecular formula is C5H11N5S. The number of rotatable bonds is 0. The number of hydrogen-bond donors (Lipinski definition) is 4. The molecule has 1 aliphatic rings. The molecule has 1 aliphatic heterocycles. The molecule has 0 amide bonds. The van der Waals surface area contributed by atoms with Crippen molar-refractivity contribution < 1.29 is 0 Å². The minimum atomic E-state index is 0.208. The van der Waals surface area contributed by atoms with Gasteiger partial charge < -0.3 is 11.1 Å². The van der Waals surface area contributed by atoms with Crippen LogP contribution in [0.4, 0.5) is 0 Å². The fourth-order valence-electron chi connectivity index (χ4n) is 0.737. The van der Waals surface area contributed by atoms with Crippen molar-refractivity contribution >= 4 is 23.3 Å². The van der Waals surface area contributed by atoms with Crippen molar-refractivity contribution in [2.45, 2.75) is 6.42 Å². The lowest BCUT2D eigenvalue weighted by Gasteiger charge is -2.15. The number of nitrogens with zero attached hydrogens (tertiary/aromatic N) is 1. The van der Waals surface area contributed by atoms with Crippen LogP contribution in [0, 0.1) is 0 Å². The Hall–Kier alpha value is -1.04. The number of aliphatic imine (C=N–C) groups is 1. The summed E-state index contributed by atoms with van der Waals surface area (Å²) < 4.78 is 0. The second-order valence-corrected chi connectivity index (χ2v) is 2.56.